The highest BCUT2D eigenvalue weighted by Crippen LogP contribution is 2.34. The Bertz CT molecular complexity index is 715. The van der Waals surface area contributed by atoms with E-state index in [2.05, 4.69) is 5.32 Å². The van der Waals surface area contributed by atoms with E-state index in [9.17, 15) is 17.6 Å². The minimum absolute atomic E-state index is 0.134. The molecule has 0 radical (unpaired) electrons. The Kier molecular flexibility index (Phi) is 3.85. The summed E-state index contributed by atoms with van der Waals surface area (Å²) in [6, 6.07) is 8.75. The van der Waals surface area contributed by atoms with Gasteiger partial charge in [0.1, 0.15) is 5.82 Å². The molecule has 0 bridgehead atoms. The summed E-state index contributed by atoms with van der Waals surface area (Å²) in [6.07, 6.45) is -4.63. The lowest BCUT2D eigenvalue weighted by Gasteiger charge is -2.13. The van der Waals surface area contributed by atoms with Gasteiger partial charge in [-0.1, -0.05) is 6.07 Å². The van der Waals surface area contributed by atoms with Gasteiger partial charge < -0.3 is 5.32 Å². The molecule has 2 aromatic rings. The van der Waals surface area contributed by atoms with Gasteiger partial charge in [0.25, 0.3) is 0 Å². The van der Waals surface area contributed by atoms with Crippen molar-refractivity contribution < 1.29 is 17.6 Å². The van der Waals surface area contributed by atoms with E-state index in [0.717, 1.165) is 12.1 Å². The van der Waals surface area contributed by atoms with Crippen molar-refractivity contribution in [1.82, 2.24) is 0 Å². The summed E-state index contributed by atoms with van der Waals surface area (Å²) in [5.74, 6) is -0.493. The number of hydrogen-bond donors (Lipinski definition) is 1. The monoisotopic (exact) mass is 294 g/mol. The van der Waals surface area contributed by atoms with E-state index in [4.69, 9.17) is 5.26 Å². The van der Waals surface area contributed by atoms with E-state index < -0.39 is 23.1 Å². The van der Waals surface area contributed by atoms with Crippen LogP contribution in [0.1, 0.15) is 16.7 Å². The molecule has 0 aromatic heterocycles. The molecule has 2 nitrogen and oxygen atoms in total. The molecule has 0 saturated heterocycles. The number of halogens is 4. The molecule has 21 heavy (non-hydrogen) atoms. The lowest BCUT2D eigenvalue weighted by molar-refractivity contribution is -0.137. The second-order valence-electron chi connectivity index (χ2n) is 4.45. The summed E-state index contributed by atoms with van der Waals surface area (Å²) in [4.78, 5) is 0. The van der Waals surface area contributed by atoms with Gasteiger partial charge in [-0.05, 0) is 42.8 Å². The molecular formula is C15H10F4N2. The van der Waals surface area contributed by atoms with Gasteiger partial charge in [0.2, 0.25) is 0 Å². The van der Waals surface area contributed by atoms with Crippen LogP contribution in [0.5, 0.6) is 0 Å². The number of rotatable bonds is 2. The smallest absolute Gasteiger partial charge is 0.355 e. The summed E-state index contributed by atoms with van der Waals surface area (Å²) >= 11 is 0. The van der Waals surface area contributed by atoms with Crippen LogP contribution in [-0.4, -0.2) is 0 Å². The first kappa shape index (κ1) is 14.9. The van der Waals surface area contributed by atoms with Crippen molar-refractivity contribution in [3.63, 3.8) is 0 Å². The van der Waals surface area contributed by atoms with Crippen LogP contribution in [0.25, 0.3) is 0 Å². The highest BCUT2D eigenvalue weighted by molar-refractivity contribution is 5.65. The van der Waals surface area contributed by atoms with Gasteiger partial charge in [-0.2, -0.15) is 18.4 Å². The minimum atomic E-state index is -4.63. The molecule has 1 N–H and O–H groups in total. The van der Waals surface area contributed by atoms with Crippen LogP contribution in [0.15, 0.2) is 36.4 Å². The van der Waals surface area contributed by atoms with Crippen LogP contribution in [0.4, 0.5) is 28.9 Å². The maximum Gasteiger partial charge on any atom is 0.417 e. The molecule has 0 atom stereocenters. The Labute approximate surface area is 118 Å². The van der Waals surface area contributed by atoms with E-state index in [1.54, 1.807) is 6.92 Å². The zero-order chi connectivity index (χ0) is 15.6. The van der Waals surface area contributed by atoms with Crippen molar-refractivity contribution >= 4 is 11.4 Å². The fourth-order valence-corrected chi connectivity index (χ4v) is 1.84. The van der Waals surface area contributed by atoms with Gasteiger partial charge in [-0.15, -0.1) is 0 Å². The molecule has 0 aliphatic heterocycles. The summed E-state index contributed by atoms with van der Waals surface area (Å²) < 4.78 is 51.8. The third-order valence-corrected chi connectivity index (χ3v) is 2.92. The van der Waals surface area contributed by atoms with E-state index in [1.807, 2.05) is 0 Å². The largest absolute Gasteiger partial charge is 0.417 e. The predicted molar refractivity (Wildman–Crippen MR) is 70.6 cm³/mol. The highest BCUT2D eigenvalue weighted by atomic mass is 19.4. The Morgan fingerprint density at radius 3 is 2.43 bits per heavy atom. The number of nitriles is 1. The topological polar surface area (TPSA) is 35.8 Å². The number of nitrogens with zero attached hydrogens (tertiary/aromatic N) is 1. The molecule has 2 aromatic carbocycles. The third-order valence-electron chi connectivity index (χ3n) is 2.92. The SMILES string of the molecule is Cc1ccc(F)cc1Nc1ccc(C#N)c(C(F)(F)F)c1. The average molecular weight is 294 g/mol. The fourth-order valence-electron chi connectivity index (χ4n) is 1.84. The molecule has 6 heteroatoms. The van der Waals surface area contributed by atoms with Crippen LogP contribution in [0, 0.1) is 24.1 Å². The number of benzene rings is 2. The van der Waals surface area contributed by atoms with Gasteiger partial charge in [0.15, 0.2) is 0 Å². The van der Waals surface area contributed by atoms with Gasteiger partial charge in [-0.25, -0.2) is 4.39 Å². The van der Waals surface area contributed by atoms with Crippen LogP contribution in [-0.2, 0) is 6.18 Å². The quantitative estimate of drug-likeness (QED) is 0.810. The third kappa shape index (κ3) is 3.31. The van der Waals surface area contributed by atoms with Crippen molar-refractivity contribution in [2.45, 2.75) is 13.1 Å². The molecule has 0 fully saturated rings. The van der Waals surface area contributed by atoms with Crippen LogP contribution < -0.4 is 5.32 Å². The van der Waals surface area contributed by atoms with E-state index in [0.29, 0.717) is 11.3 Å². The molecule has 0 aliphatic rings. The molecular weight excluding hydrogens is 284 g/mol. The van der Waals surface area contributed by atoms with Crippen molar-refractivity contribution in [2.75, 3.05) is 5.32 Å². The summed E-state index contributed by atoms with van der Waals surface area (Å²) in [5.41, 5.74) is -0.287. The molecule has 0 aliphatic carbocycles. The van der Waals surface area contributed by atoms with Crippen molar-refractivity contribution in [3.8, 4) is 6.07 Å². The first-order valence-corrected chi connectivity index (χ1v) is 5.96. The summed E-state index contributed by atoms with van der Waals surface area (Å²) in [5, 5.41) is 11.5. The second kappa shape index (κ2) is 5.44. The maximum atomic E-state index is 13.2. The number of aryl methyl sites for hydroxylation is 1. The standard InChI is InChI=1S/C15H10F4N2/c1-9-2-4-11(16)6-14(9)21-12-5-3-10(8-20)13(7-12)15(17,18)19/h2-7,21H,1H3. The van der Waals surface area contributed by atoms with Crippen LogP contribution in [0.3, 0.4) is 0 Å². The Morgan fingerprint density at radius 1 is 1.10 bits per heavy atom. The lowest BCUT2D eigenvalue weighted by Crippen LogP contribution is -2.08. The normalized spacial score (nSPS) is 11.0. The van der Waals surface area contributed by atoms with Gasteiger partial charge >= 0.3 is 6.18 Å². The van der Waals surface area contributed by atoms with Crippen molar-refractivity contribution in [2.24, 2.45) is 0 Å². The fraction of sp³-hybridized carbons (Fsp3) is 0.133. The second-order valence-corrected chi connectivity index (χ2v) is 4.45. The van der Waals surface area contributed by atoms with E-state index in [-0.39, 0.29) is 5.69 Å². The van der Waals surface area contributed by atoms with Gasteiger partial charge in [0, 0.05) is 11.4 Å². The van der Waals surface area contributed by atoms with E-state index in [1.165, 1.54) is 30.3 Å². The van der Waals surface area contributed by atoms with E-state index >= 15 is 0 Å². The maximum absolute atomic E-state index is 13.2. The van der Waals surface area contributed by atoms with Crippen LogP contribution in [0.2, 0.25) is 0 Å². The molecule has 0 heterocycles. The zero-order valence-electron chi connectivity index (χ0n) is 10.9. The lowest BCUT2D eigenvalue weighted by atomic mass is 10.1. The Balaban J connectivity index is 2.42. The number of hydrogen-bond acceptors (Lipinski definition) is 2. The molecule has 0 saturated carbocycles. The van der Waals surface area contributed by atoms with Gasteiger partial charge in [-0.3, -0.25) is 0 Å². The molecule has 0 spiro atoms. The first-order chi connectivity index (χ1) is 9.81. The summed E-state index contributed by atoms with van der Waals surface area (Å²) in [6.45, 7) is 1.70. The average Bonchev–Trinajstić information content (AvgIpc) is 2.42. The molecule has 0 unspecified atom stereocenters. The van der Waals surface area contributed by atoms with Crippen molar-refractivity contribution in [3.05, 3.63) is 58.9 Å². The Hall–Kier alpha value is -2.55. The minimum Gasteiger partial charge on any atom is -0.355 e. The van der Waals surface area contributed by atoms with Crippen molar-refractivity contribution in [1.29, 1.82) is 5.26 Å². The summed E-state index contributed by atoms with van der Waals surface area (Å²) in [7, 11) is 0. The number of nitrogens with one attached hydrogen (secondary N) is 1. The Morgan fingerprint density at radius 2 is 1.81 bits per heavy atom. The number of anilines is 2. The van der Waals surface area contributed by atoms with Gasteiger partial charge in [0.05, 0.1) is 17.2 Å². The number of alkyl halides is 3. The van der Waals surface area contributed by atoms with Crippen LogP contribution >= 0.6 is 0 Å². The highest BCUT2D eigenvalue weighted by Gasteiger charge is 2.33. The molecule has 0 amide bonds. The molecule has 2 rings (SSSR count). The predicted octanol–water partition coefficient (Wildman–Crippen LogP) is 4.77. The first-order valence-electron chi connectivity index (χ1n) is 5.96. The molecule has 108 valence electrons. The zero-order valence-corrected chi connectivity index (χ0v) is 10.9.